The fourth-order valence-corrected chi connectivity index (χ4v) is 0.797. The predicted molar refractivity (Wildman–Crippen MR) is 35.7 cm³/mol. The Morgan fingerprint density at radius 2 is 1.91 bits per heavy atom. The zero-order chi connectivity index (χ0) is 8.48. The van der Waals surface area contributed by atoms with Crippen LogP contribution in [0.4, 0.5) is 0 Å². The molecule has 4 heteroatoms. The number of ether oxygens (including phenoxy) is 2. The van der Waals surface area contributed by atoms with Gasteiger partial charge in [-0.1, -0.05) is 0 Å². The molecule has 1 rings (SSSR count). The first-order valence-electron chi connectivity index (χ1n) is 3.37. The number of cyclic esters (lactones) is 2. The molecule has 0 atom stereocenters. The topological polar surface area (TPSA) is 52.6 Å². The van der Waals surface area contributed by atoms with Crippen LogP contribution in [0.3, 0.4) is 0 Å². The first-order chi connectivity index (χ1) is 4.99. The number of esters is 2. The van der Waals surface area contributed by atoms with Crippen molar-refractivity contribution >= 4 is 11.9 Å². The Labute approximate surface area is 64.5 Å². The van der Waals surface area contributed by atoms with Crippen LogP contribution in [0.15, 0.2) is 0 Å². The van der Waals surface area contributed by atoms with Crippen LogP contribution in [0.5, 0.6) is 0 Å². The Bertz CT molecular complexity index is 195. The highest BCUT2D eigenvalue weighted by Crippen LogP contribution is 2.14. The van der Waals surface area contributed by atoms with E-state index in [1.165, 1.54) is 0 Å². The van der Waals surface area contributed by atoms with Gasteiger partial charge in [0.2, 0.25) is 0 Å². The molecule has 1 saturated heterocycles. The zero-order valence-electron chi connectivity index (χ0n) is 6.55. The molecule has 1 aliphatic rings. The van der Waals surface area contributed by atoms with Gasteiger partial charge in [-0.2, -0.15) is 0 Å². The molecule has 0 N–H and O–H groups in total. The molecule has 4 nitrogen and oxygen atoms in total. The molecule has 0 aromatic rings. The van der Waals surface area contributed by atoms with Gasteiger partial charge in [0.15, 0.2) is 0 Å². The molecule has 62 valence electrons. The van der Waals surface area contributed by atoms with Crippen LogP contribution in [-0.4, -0.2) is 24.1 Å². The van der Waals surface area contributed by atoms with Crippen LogP contribution >= 0.6 is 0 Å². The number of rotatable bonds is 0. The highest BCUT2D eigenvalue weighted by molar-refractivity contribution is 5.91. The van der Waals surface area contributed by atoms with Gasteiger partial charge in [-0.3, -0.25) is 9.59 Å². The van der Waals surface area contributed by atoms with Crippen molar-refractivity contribution in [3.05, 3.63) is 0 Å². The van der Waals surface area contributed by atoms with Crippen molar-refractivity contribution < 1.29 is 19.1 Å². The van der Waals surface area contributed by atoms with Gasteiger partial charge < -0.3 is 9.47 Å². The minimum atomic E-state index is -0.677. The third kappa shape index (κ3) is 2.22. The maximum absolute atomic E-state index is 10.8. The van der Waals surface area contributed by atoms with Crippen LogP contribution in [0.2, 0.25) is 0 Å². The zero-order valence-corrected chi connectivity index (χ0v) is 6.55. The van der Waals surface area contributed by atoms with Gasteiger partial charge in [-0.15, -0.1) is 0 Å². The quantitative estimate of drug-likeness (QED) is 0.374. The van der Waals surface area contributed by atoms with E-state index in [1.807, 2.05) is 0 Å². The van der Waals surface area contributed by atoms with Gasteiger partial charge in [0.25, 0.3) is 0 Å². The molecule has 1 fully saturated rings. The van der Waals surface area contributed by atoms with Crippen LogP contribution in [0, 0.1) is 0 Å². The van der Waals surface area contributed by atoms with E-state index in [1.54, 1.807) is 13.8 Å². The lowest BCUT2D eigenvalue weighted by atomic mass is 10.1. The maximum atomic E-state index is 10.8. The van der Waals surface area contributed by atoms with Crippen molar-refractivity contribution in [1.82, 2.24) is 0 Å². The largest absolute Gasteiger partial charge is 0.461 e. The van der Waals surface area contributed by atoms with Crippen molar-refractivity contribution in [1.29, 1.82) is 0 Å². The molecule has 0 amide bonds. The molecule has 1 aliphatic heterocycles. The van der Waals surface area contributed by atoms with Crippen molar-refractivity contribution in [2.45, 2.75) is 25.9 Å². The average molecular weight is 158 g/mol. The van der Waals surface area contributed by atoms with E-state index < -0.39 is 17.5 Å². The van der Waals surface area contributed by atoms with Gasteiger partial charge in [-0.25, -0.2) is 0 Å². The van der Waals surface area contributed by atoms with Crippen LogP contribution in [0.25, 0.3) is 0 Å². The lowest BCUT2D eigenvalue weighted by molar-refractivity contribution is -0.155. The molecule has 11 heavy (non-hydrogen) atoms. The molecule has 0 aromatic carbocycles. The molecule has 0 saturated carbocycles. The van der Waals surface area contributed by atoms with E-state index in [0.717, 1.165) is 0 Å². The second-order valence-electron chi connectivity index (χ2n) is 3.07. The maximum Gasteiger partial charge on any atom is 0.317 e. The molecule has 0 spiro atoms. The Kier molecular flexibility index (Phi) is 1.85. The summed E-state index contributed by atoms with van der Waals surface area (Å²) in [7, 11) is 0. The van der Waals surface area contributed by atoms with Crippen molar-refractivity contribution in [2.24, 2.45) is 0 Å². The summed E-state index contributed by atoms with van der Waals surface area (Å²) in [5, 5.41) is 0. The molecule has 0 radical (unpaired) electrons. The lowest BCUT2D eigenvalue weighted by Crippen LogP contribution is -2.30. The summed E-state index contributed by atoms with van der Waals surface area (Å²) in [4.78, 5) is 21.4. The normalized spacial score (nSPS) is 23.5. The van der Waals surface area contributed by atoms with Gasteiger partial charge >= 0.3 is 11.9 Å². The molecule has 1 heterocycles. The minimum Gasteiger partial charge on any atom is -0.461 e. The number of carbonyl (C=O) groups is 2. The minimum absolute atomic E-state index is 0.136. The lowest BCUT2D eigenvalue weighted by Gasteiger charge is -2.20. The number of hydrogen-bond donors (Lipinski definition) is 0. The summed E-state index contributed by atoms with van der Waals surface area (Å²) in [5.74, 6) is -1.03. The summed E-state index contributed by atoms with van der Waals surface area (Å²) >= 11 is 0. The summed E-state index contributed by atoms with van der Waals surface area (Å²) in [6.45, 7) is 3.53. The first kappa shape index (κ1) is 8.04. The third-order valence-electron chi connectivity index (χ3n) is 1.26. The van der Waals surface area contributed by atoms with Crippen LogP contribution < -0.4 is 0 Å². The average Bonchev–Trinajstić information content (AvgIpc) is 1.90. The Morgan fingerprint density at radius 1 is 1.27 bits per heavy atom. The highest BCUT2D eigenvalue weighted by Gasteiger charge is 2.30. The molecular weight excluding hydrogens is 148 g/mol. The van der Waals surface area contributed by atoms with Gasteiger partial charge in [-0.05, 0) is 13.8 Å². The van der Waals surface area contributed by atoms with Crippen molar-refractivity contribution in [3.8, 4) is 0 Å². The van der Waals surface area contributed by atoms with E-state index in [2.05, 4.69) is 0 Å². The smallest absolute Gasteiger partial charge is 0.317 e. The Balaban J connectivity index is 2.68. The third-order valence-corrected chi connectivity index (χ3v) is 1.26. The second kappa shape index (κ2) is 2.53. The van der Waals surface area contributed by atoms with Gasteiger partial charge in [0.1, 0.15) is 18.6 Å². The Hall–Kier alpha value is -1.06. The summed E-state index contributed by atoms with van der Waals surface area (Å²) in [6, 6.07) is 0. The van der Waals surface area contributed by atoms with E-state index >= 15 is 0 Å². The summed E-state index contributed by atoms with van der Waals surface area (Å²) in [6.07, 6.45) is -0.274. The van der Waals surface area contributed by atoms with Gasteiger partial charge in [0, 0.05) is 0 Å². The number of carbonyl (C=O) groups excluding carboxylic acids is 2. The van der Waals surface area contributed by atoms with E-state index in [9.17, 15) is 9.59 Å². The Morgan fingerprint density at radius 3 is 2.55 bits per heavy atom. The molecule has 0 bridgehead atoms. The fourth-order valence-electron chi connectivity index (χ4n) is 0.797. The SMILES string of the molecule is CC1(C)COC(=O)CC(=O)O1. The fraction of sp³-hybridized carbons (Fsp3) is 0.714. The number of hydrogen-bond acceptors (Lipinski definition) is 4. The van der Waals surface area contributed by atoms with Crippen molar-refractivity contribution in [2.75, 3.05) is 6.61 Å². The predicted octanol–water partition coefficient (Wildman–Crippen LogP) is 0.255. The van der Waals surface area contributed by atoms with Crippen LogP contribution in [0.1, 0.15) is 20.3 Å². The molecule has 0 unspecified atom stereocenters. The van der Waals surface area contributed by atoms with E-state index in [0.29, 0.717) is 0 Å². The summed E-state index contributed by atoms with van der Waals surface area (Å²) in [5.41, 5.74) is -0.677. The molecule has 0 aliphatic carbocycles. The molecular formula is C7H10O4. The monoisotopic (exact) mass is 158 g/mol. The standard InChI is InChI=1S/C7H10O4/c1-7(2)4-10-5(8)3-6(9)11-7/h3-4H2,1-2H3. The van der Waals surface area contributed by atoms with E-state index in [-0.39, 0.29) is 13.0 Å². The highest BCUT2D eigenvalue weighted by atomic mass is 16.6. The summed E-state index contributed by atoms with van der Waals surface area (Å²) < 4.78 is 9.59. The van der Waals surface area contributed by atoms with Crippen LogP contribution in [-0.2, 0) is 19.1 Å². The van der Waals surface area contributed by atoms with Crippen molar-refractivity contribution in [3.63, 3.8) is 0 Å². The van der Waals surface area contributed by atoms with E-state index in [4.69, 9.17) is 9.47 Å². The second-order valence-corrected chi connectivity index (χ2v) is 3.07. The first-order valence-corrected chi connectivity index (χ1v) is 3.37. The molecule has 0 aromatic heterocycles. The van der Waals surface area contributed by atoms with Gasteiger partial charge in [0.05, 0.1) is 0 Å².